The minimum Gasteiger partial charge on any atom is -0.497 e. The molecule has 4 nitrogen and oxygen atoms in total. The number of allylic oxidation sites excluding steroid dienone is 2. The molecule has 0 bridgehead atoms. The van der Waals surface area contributed by atoms with E-state index in [1.54, 1.807) is 20.3 Å². The van der Waals surface area contributed by atoms with Gasteiger partial charge in [0.05, 0.1) is 14.2 Å². The highest BCUT2D eigenvalue weighted by Gasteiger charge is 2.51. The summed E-state index contributed by atoms with van der Waals surface area (Å²) in [5, 5.41) is 0. The Bertz CT molecular complexity index is 1070. The van der Waals surface area contributed by atoms with Crippen molar-refractivity contribution >= 4 is 6.08 Å². The Balaban J connectivity index is 2.06. The number of benzene rings is 2. The van der Waals surface area contributed by atoms with Crippen molar-refractivity contribution in [1.29, 1.82) is 0 Å². The molecule has 33 heavy (non-hydrogen) atoms. The molecule has 4 heteroatoms. The molecule has 0 aromatic heterocycles. The first kappa shape index (κ1) is 23.9. The molecule has 1 aliphatic carbocycles. The highest BCUT2D eigenvalue weighted by atomic mass is 16.5. The Morgan fingerprint density at radius 3 is 2.18 bits per heavy atom. The van der Waals surface area contributed by atoms with Crippen molar-refractivity contribution in [2.24, 2.45) is 5.92 Å². The summed E-state index contributed by atoms with van der Waals surface area (Å²) in [6, 6.07) is 16.0. The molecular weight excluding hydrogens is 408 g/mol. The first-order chi connectivity index (χ1) is 16.1. The van der Waals surface area contributed by atoms with Crippen LogP contribution in [0.2, 0.25) is 0 Å². The third-order valence-corrected chi connectivity index (χ3v) is 6.29. The van der Waals surface area contributed by atoms with Gasteiger partial charge in [-0.1, -0.05) is 48.6 Å². The maximum absolute atomic E-state index is 7.89. The average molecular weight is 439 g/mol. The molecule has 168 valence electrons. The largest absolute Gasteiger partial charge is 0.509 e. The highest BCUT2D eigenvalue weighted by molar-refractivity contribution is 5.53. The van der Waals surface area contributed by atoms with E-state index in [1.807, 2.05) is 36.4 Å². The maximum atomic E-state index is 7.89. The summed E-state index contributed by atoms with van der Waals surface area (Å²) in [7, 11) is 3.32. The van der Waals surface area contributed by atoms with Crippen molar-refractivity contribution in [2.45, 2.75) is 37.3 Å². The second-order valence-corrected chi connectivity index (χ2v) is 8.16. The van der Waals surface area contributed by atoms with Gasteiger partial charge in [0.2, 0.25) is 0 Å². The molecule has 0 amide bonds. The van der Waals surface area contributed by atoms with Gasteiger partial charge in [-0.2, -0.15) is 0 Å². The highest BCUT2D eigenvalue weighted by Crippen LogP contribution is 2.46. The molecule has 0 fully saturated rings. The number of hydrogen-bond donors (Lipinski definition) is 0. The zero-order valence-corrected chi connectivity index (χ0v) is 19.3. The first-order valence-corrected chi connectivity index (χ1v) is 11.2. The molecule has 2 atom stereocenters. The van der Waals surface area contributed by atoms with E-state index in [4.69, 9.17) is 22.6 Å². The van der Waals surface area contributed by atoms with Crippen LogP contribution >= 0.6 is 0 Å². The molecule has 0 unspecified atom stereocenters. The van der Waals surface area contributed by atoms with E-state index >= 15 is 0 Å². The predicted molar refractivity (Wildman–Crippen MR) is 134 cm³/mol. The Kier molecular flexibility index (Phi) is 8.11. The van der Waals surface area contributed by atoms with E-state index in [0.717, 1.165) is 47.5 Å². The van der Waals surface area contributed by atoms with Gasteiger partial charge in [-0.05, 0) is 54.7 Å². The lowest BCUT2D eigenvalue weighted by Gasteiger charge is -2.31. The van der Waals surface area contributed by atoms with Gasteiger partial charge >= 0.3 is 5.66 Å². The third kappa shape index (κ3) is 5.36. The summed E-state index contributed by atoms with van der Waals surface area (Å²) in [5.41, 5.74) is 1.92. The molecule has 2 aromatic rings. The fourth-order valence-electron chi connectivity index (χ4n) is 4.53. The summed E-state index contributed by atoms with van der Waals surface area (Å²) in [6.45, 7) is 19.6. The van der Waals surface area contributed by atoms with E-state index in [9.17, 15) is 0 Å². The van der Waals surface area contributed by atoms with E-state index in [1.165, 1.54) is 0 Å². The molecular formula is C29H30N2O2. The van der Waals surface area contributed by atoms with Crippen LogP contribution in [0, 0.1) is 19.1 Å². The zero-order chi connectivity index (χ0) is 23.7. The van der Waals surface area contributed by atoms with Crippen molar-refractivity contribution in [2.75, 3.05) is 14.2 Å². The monoisotopic (exact) mass is 438 g/mol. The van der Waals surface area contributed by atoms with Gasteiger partial charge in [0, 0.05) is 11.8 Å². The van der Waals surface area contributed by atoms with Gasteiger partial charge in [0.25, 0.3) is 0 Å². The van der Waals surface area contributed by atoms with Gasteiger partial charge in [-0.15, -0.1) is 6.58 Å². The Hall–Kier alpha value is -3.76. The van der Waals surface area contributed by atoms with Crippen molar-refractivity contribution in [1.82, 2.24) is 0 Å². The second kappa shape index (κ2) is 11.2. The van der Waals surface area contributed by atoms with Crippen LogP contribution in [0.15, 0.2) is 78.9 Å². The van der Waals surface area contributed by atoms with Crippen LogP contribution in [0.25, 0.3) is 15.8 Å². The van der Waals surface area contributed by atoms with Crippen molar-refractivity contribution in [3.63, 3.8) is 0 Å². The van der Waals surface area contributed by atoms with Gasteiger partial charge in [-0.3, -0.25) is 0 Å². The number of hydrogen-bond acceptors (Lipinski definition) is 2. The topological polar surface area (TPSA) is 27.2 Å². The summed E-state index contributed by atoms with van der Waals surface area (Å²) in [6.07, 6.45) is 11.3. The minimum atomic E-state index is -1.22. The normalized spacial score (nSPS) is 16.8. The summed E-state index contributed by atoms with van der Waals surface area (Å²) < 4.78 is 10.6. The van der Waals surface area contributed by atoms with Gasteiger partial charge in [0.15, 0.2) is 0 Å². The van der Waals surface area contributed by atoms with Crippen LogP contribution < -0.4 is 9.47 Å². The van der Waals surface area contributed by atoms with E-state index < -0.39 is 5.66 Å². The summed E-state index contributed by atoms with van der Waals surface area (Å²) >= 11 is 0. The quantitative estimate of drug-likeness (QED) is 0.302. The number of nitrogens with zero attached hydrogens (tertiary/aromatic N) is 2. The molecule has 1 aliphatic rings. The van der Waals surface area contributed by atoms with Crippen LogP contribution in [0.3, 0.4) is 0 Å². The first-order valence-electron chi connectivity index (χ1n) is 11.2. The zero-order valence-electron chi connectivity index (χ0n) is 19.3. The molecule has 0 spiro atoms. The van der Waals surface area contributed by atoms with E-state index in [2.05, 4.69) is 46.6 Å². The number of ether oxygens (including phenoxy) is 2. The average Bonchev–Trinajstić information content (AvgIpc) is 2.88. The smallest absolute Gasteiger partial charge is 0.497 e. The minimum absolute atomic E-state index is 0.0252. The van der Waals surface area contributed by atoms with Crippen molar-refractivity contribution in [3.05, 3.63) is 113 Å². The molecule has 2 aromatic carbocycles. The molecule has 0 radical (unpaired) electrons. The maximum Gasteiger partial charge on any atom is 0.509 e. The Morgan fingerprint density at radius 1 is 1.03 bits per heavy atom. The lowest BCUT2D eigenvalue weighted by atomic mass is 9.70. The number of rotatable bonds is 9. The molecule has 0 N–H and O–H groups in total. The third-order valence-electron chi connectivity index (χ3n) is 6.29. The standard InChI is InChI=1S/C29H30N2O2/c1-6-21-29(30-2,31-3)28-10-8-7-9-27(28)26(23-14-18-25(33-5)19-15-23)20-13-22-11-16-24(32-4)17-12-22/h6,10-20,26-27H,1,7-9,21H2,4-5H3/b20-13+/t26-,27-/m0/s1. The van der Waals surface area contributed by atoms with Gasteiger partial charge in [-0.25, -0.2) is 22.8 Å². The van der Waals surface area contributed by atoms with Crippen LogP contribution in [0.5, 0.6) is 11.5 Å². The Labute approximate surface area is 197 Å². The van der Waals surface area contributed by atoms with Crippen LogP contribution in [0.1, 0.15) is 42.7 Å². The van der Waals surface area contributed by atoms with Crippen LogP contribution in [0.4, 0.5) is 0 Å². The molecule has 0 saturated heterocycles. The van der Waals surface area contributed by atoms with Crippen LogP contribution in [-0.4, -0.2) is 19.9 Å². The number of methoxy groups -OCH3 is 2. The fraction of sp³-hybridized carbons (Fsp3) is 0.310. The summed E-state index contributed by atoms with van der Waals surface area (Å²) in [5.74, 6) is 1.71. The van der Waals surface area contributed by atoms with E-state index in [0.29, 0.717) is 6.42 Å². The molecule has 0 aliphatic heterocycles. The fourth-order valence-corrected chi connectivity index (χ4v) is 4.53. The molecule has 3 rings (SSSR count). The lowest BCUT2D eigenvalue weighted by Crippen LogP contribution is -2.31. The lowest BCUT2D eigenvalue weighted by molar-refractivity contribution is 0.412. The van der Waals surface area contributed by atoms with Gasteiger partial charge in [0.1, 0.15) is 23.5 Å². The molecule has 0 saturated carbocycles. The Morgan fingerprint density at radius 2 is 1.64 bits per heavy atom. The van der Waals surface area contributed by atoms with Gasteiger partial charge < -0.3 is 9.47 Å². The molecule has 0 heterocycles. The second-order valence-electron chi connectivity index (χ2n) is 8.16. The van der Waals surface area contributed by atoms with Crippen LogP contribution in [-0.2, 0) is 0 Å². The summed E-state index contributed by atoms with van der Waals surface area (Å²) in [4.78, 5) is 7.68. The van der Waals surface area contributed by atoms with E-state index in [-0.39, 0.29) is 11.8 Å². The van der Waals surface area contributed by atoms with Crippen molar-refractivity contribution in [3.8, 4) is 11.5 Å². The SMILES string of the molecule is [C-]#[N+]C(CC=C)([N+]#[C-])C1=CCCC[C@H]1[C@@H](/C=C/c1ccc(OC)cc1)c1ccc(OC)cc1. The van der Waals surface area contributed by atoms with Crippen molar-refractivity contribution < 1.29 is 9.47 Å². The predicted octanol–water partition coefficient (Wildman–Crippen LogP) is 7.34.